The molecule has 1 spiro atoms. The third-order valence-corrected chi connectivity index (χ3v) is 6.04. The van der Waals surface area contributed by atoms with Gasteiger partial charge in [-0.25, -0.2) is 4.79 Å². The minimum absolute atomic E-state index is 0.0801. The van der Waals surface area contributed by atoms with E-state index in [0.717, 1.165) is 32.4 Å². The smallest absolute Gasteiger partial charge is 0.318 e. The molecular formula is C21H30N4O2. The summed E-state index contributed by atoms with van der Waals surface area (Å²) in [6.07, 6.45) is 6.07. The number of nitrogens with one attached hydrogen (secondary N) is 1. The normalized spacial score (nSPS) is 28.8. The molecule has 3 heterocycles. The van der Waals surface area contributed by atoms with Gasteiger partial charge in [-0.1, -0.05) is 13.8 Å². The van der Waals surface area contributed by atoms with Crippen LogP contribution in [0.15, 0.2) is 18.5 Å². The van der Waals surface area contributed by atoms with Crippen LogP contribution in [0.2, 0.25) is 0 Å². The number of carbonyl (C=O) groups is 2. The molecule has 146 valence electrons. The first-order valence-corrected chi connectivity index (χ1v) is 9.80. The fourth-order valence-corrected chi connectivity index (χ4v) is 4.25. The number of urea groups is 1. The summed E-state index contributed by atoms with van der Waals surface area (Å²) in [6, 6.07) is 0.669. The van der Waals surface area contributed by atoms with Gasteiger partial charge in [0.05, 0.1) is 5.48 Å². The average Bonchev–Trinajstić information content (AvgIpc) is 3.33. The molecule has 3 amide bonds. The van der Waals surface area contributed by atoms with E-state index in [4.69, 9.17) is 5.48 Å². The third kappa shape index (κ3) is 3.80. The number of hydrogen-bond donors (Lipinski definition) is 1. The molecule has 2 fully saturated rings. The average molecular weight is 375 g/mol. The molecule has 4 rings (SSSR count). The van der Waals surface area contributed by atoms with Crippen molar-refractivity contribution in [3.05, 3.63) is 29.6 Å². The first kappa shape index (κ1) is 14.0. The number of pyridine rings is 1. The van der Waals surface area contributed by atoms with E-state index in [1.807, 2.05) is 18.7 Å². The molecule has 0 bridgehead atoms. The Bertz CT molecular complexity index is 849. The van der Waals surface area contributed by atoms with E-state index < -0.39 is 19.0 Å². The van der Waals surface area contributed by atoms with Crippen molar-refractivity contribution in [2.24, 2.45) is 17.3 Å². The van der Waals surface area contributed by atoms with E-state index in [2.05, 4.69) is 10.3 Å². The predicted molar refractivity (Wildman–Crippen MR) is 103 cm³/mol. The van der Waals surface area contributed by atoms with Gasteiger partial charge in [-0.3, -0.25) is 9.78 Å². The fourth-order valence-electron chi connectivity index (χ4n) is 4.25. The number of nitrogens with zero attached hydrogens (tertiary/aromatic N) is 3. The molecule has 2 aliphatic heterocycles. The molecule has 1 unspecified atom stereocenters. The van der Waals surface area contributed by atoms with Crippen LogP contribution in [0.3, 0.4) is 0 Å². The van der Waals surface area contributed by atoms with Crippen molar-refractivity contribution >= 4 is 11.9 Å². The number of likely N-dealkylation sites (tertiary alicyclic amines) is 1. The highest BCUT2D eigenvalue weighted by molar-refractivity contribution is 5.76. The molecule has 1 atom stereocenters. The summed E-state index contributed by atoms with van der Waals surface area (Å²) < 4.78 is 33.3. The molecule has 1 aromatic heterocycles. The van der Waals surface area contributed by atoms with E-state index in [1.54, 1.807) is 0 Å². The van der Waals surface area contributed by atoms with Gasteiger partial charge in [0.15, 0.2) is 0 Å². The van der Waals surface area contributed by atoms with Gasteiger partial charge in [0.2, 0.25) is 5.91 Å². The number of rotatable bonds is 4. The van der Waals surface area contributed by atoms with Gasteiger partial charge in [0.25, 0.3) is 0 Å². The lowest BCUT2D eigenvalue weighted by molar-refractivity contribution is -0.133. The van der Waals surface area contributed by atoms with Crippen molar-refractivity contribution in [2.45, 2.75) is 52.5 Å². The highest BCUT2D eigenvalue weighted by Crippen LogP contribution is 2.59. The Hall–Kier alpha value is -2.11. The maximum atomic E-state index is 12.9. The monoisotopic (exact) mass is 374 g/mol. The molecule has 1 saturated heterocycles. The van der Waals surface area contributed by atoms with Gasteiger partial charge >= 0.3 is 6.03 Å². The van der Waals surface area contributed by atoms with Crippen LogP contribution in [0.25, 0.3) is 0 Å². The number of hydrogen-bond acceptors (Lipinski definition) is 3. The van der Waals surface area contributed by atoms with Crippen molar-refractivity contribution in [1.29, 1.82) is 0 Å². The summed E-state index contributed by atoms with van der Waals surface area (Å²) >= 11 is 0. The number of piperidine rings is 1. The van der Waals surface area contributed by atoms with Gasteiger partial charge in [-0.05, 0) is 53.7 Å². The quantitative estimate of drug-likeness (QED) is 0.881. The number of amides is 3. The molecule has 1 aromatic rings. The van der Waals surface area contributed by atoms with Crippen LogP contribution in [0.1, 0.15) is 56.1 Å². The largest absolute Gasteiger partial charge is 0.343 e. The summed E-state index contributed by atoms with van der Waals surface area (Å²) in [5.41, 5.74) is 0.345. The Morgan fingerprint density at radius 1 is 1.30 bits per heavy atom. The number of carbonyl (C=O) groups excluding carboxylic acids is 2. The zero-order chi connectivity index (χ0) is 22.6. The molecule has 6 nitrogen and oxygen atoms in total. The highest BCUT2D eigenvalue weighted by atomic mass is 16.2. The van der Waals surface area contributed by atoms with Crippen molar-refractivity contribution in [2.75, 3.05) is 19.6 Å². The Balaban J connectivity index is 1.34. The predicted octanol–water partition coefficient (Wildman–Crippen LogP) is 2.78. The van der Waals surface area contributed by atoms with Crippen LogP contribution in [-0.4, -0.2) is 46.4 Å². The van der Waals surface area contributed by atoms with E-state index in [9.17, 15) is 9.59 Å². The van der Waals surface area contributed by atoms with Gasteiger partial charge < -0.3 is 15.1 Å². The lowest BCUT2D eigenvalue weighted by Gasteiger charge is -2.33. The maximum absolute atomic E-state index is 12.9. The number of aromatic nitrogens is 1. The molecule has 27 heavy (non-hydrogen) atoms. The van der Waals surface area contributed by atoms with Crippen LogP contribution in [-0.2, 0) is 17.8 Å². The van der Waals surface area contributed by atoms with Crippen molar-refractivity contribution < 1.29 is 15.1 Å². The SMILES string of the molecule is [2H]C1([2H])c2ccncc2C([2H])([2H])N1C(=O)NCC1CC12CCN(C(=O)CC(C)C)CC2. The van der Waals surface area contributed by atoms with Gasteiger partial charge in [0, 0.05) is 51.4 Å². The molecule has 1 aliphatic carbocycles. The van der Waals surface area contributed by atoms with Crippen LogP contribution < -0.4 is 5.32 Å². The molecule has 0 aromatic carbocycles. The lowest BCUT2D eigenvalue weighted by Crippen LogP contribution is -2.41. The van der Waals surface area contributed by atoms with E-state index >= 15 is 0 Å². The summed E-state index contributed by atoms with van der Waals surface area (Å²) in [5, 5.41) is 2.77. The maximum Gasteiger partial charge on any atom is 0.318 e. The third-order valence-electron chi connectivity index (χ3n) is 6.04. The minimum atomic E-state index is -2.28. The van der Waals surface area contributed by atoms with Crippen LogP contribution >= 0.6 is 0 Å². The number of fused-ring (bicyclic) bond motifs is 1. The van der Waals surface area contributed by atoms with Gasteiger partial charge in [0.1, 0.15) is 0 Å². The summed E-state index contributed by atoms with van der Waals surface area (Å²) in [6.45, 7) is 1.43. The molecule has 0 radical (unpaired) electrons. The summed E-state index contributed by atoms with van der Waals surface area (Å²) in [7, 11) is 0. The Labute approximate surface area is 166 Å². The second kappa shape index (κ2) is 7.13. The van der Waals surface area contributed by atoms with Crippen LogP contribution in [0.4, 0.5) is 4.79 Å². The van der Waals surface area contributed by atoms with Gasteiger partial charge in [-0.2, -0.15) is 0 Å². The van der Waals surface area contributed by atoms with E-state index in [1.165, 1.54) is 18.5 Å². The standard InChI is InChI=1S/C21H30N4O2/c1-15(2)9-19(26)24-7-4-21(5-8-24)10-18(21)12-23-20(27)25-13-16-3-6-22-11-17(16)14-25/h3,6,11,15,18H,4-5,7-10,12-14H2,1-2H3,(H,23,27)/i13D2,14D2. The molecule has 3 aliphatic rings. The Kier molecular flexibility index (Phi) is 3.69. The van der Waals surface area contributed by atoms with Crippen molar-refractivity contribution in [3.8, 4) is 0 Å². The summed E-state index contributed by atoms with van der Waals surface area (Å²) in [5.74, 6) is 0.840. The Morgan fingerprint density at radius 2 is 2.04 bits per heavy atom. The molecule has 6 heteroatoms. The lowest BCUT2D eigenvalue weighted by atomic mass is 9.90. The fraction of sp³-hybridized carbons (Fsp3) is 0.667. The molecule has 1 saturated carbocycles. The summed E-state index contributed by atoms with van der Waals surface area (Å²) in [4.78, 5) is 31.6. The van der Waals surface area contributed by atoms with E-state index in [-0.39, 0.29) is 28.4 Å². The van der Waals surface area contributed by atoms with Crippen molar-refractivity contribution in [1.82, 2.24) is 20.1 Å². The second-order valence-electron chi connectivity index (χ2n) is 8.41. The van der Waals surface area contributed by atoms with Crippen LogP contribution in [0.5, 0.6) is 0 Å². The van der Waals surface area contributed by atoms with Crippen molar-refractivity contribution in [3.63, 3.8) is 0 Å². The molecular weight excluding hydrogens is 340 g/mol. The van der Waals surface area contributed by atoms with Crippen LogP contribution in [0, 0.1) is 17.3 Å². The first-order chi connectivity index (χ1) is 14.5. The van der Waals surface area contributed by atoms with E-state index in [0.29, 0.717) is 23.8 Å². The zero-order valence-electron chi connectivity index (χ0n) is 20.0. The zero-order valence-corrected chi connectivity index (χ0v) is 16.0. The highest BCUT2D eigenvalue weighted by Gasteiger charge is 2.54. The first-order valence-electron chi connectivity index (χ1n) is 11.8. The van der Waals surface area contributed by atoms with Gasteiger partial charge in [-0.15, -0.1) is 0 Å². The minimum Gasteiger partial charge on any atom is -0.343 e. The molecule has 1 N–H and O–H groups in total. The Morgan fingerprint density at radius 3 is 2.74 bits per heavy atom. The topological polar surface area (TPSA) is 65.5 Å². The second-order valence-corrected chi connectivity index (χ2v) is 8.41.